The molecule has 4 nitrogen and oxygen atoms in total. The first-order chi connectivity index (χ1) is 6.91. The SMILES string of the molecule is N#Cc1c(S(=O)(=O)Cl)ccc(Br)c1C=O. The molecule has 0 aromatic heterocycles. The molecule has 1 aromatic rings. The largest absolute Gasteiger partial charge is 0.298 e. The minimum atomic E-state index is -4.02. The van der Waals surface area contributed by atoms with Crippen molar-refractivity contribution in [1.29, 1.82) is 5.26 Å². The number of hydrogen-bond acceptors (Lipinski definition) is 4. The predicted octanol–water partition coefficient (Wildman–Crippen LogP) is 2.06. The van der Waals surface area contributed by atoms with Gasteiger partial charge in [-0.3, -0.25) is 4.79 Å². The molecule has 0 aliphatic rings. The molecule has 78 valence electrons. The highest BCUT2D eigenvalue weighted by molar-refractivity contribution is 9.10. The van der Waals surface area contributed by atoms with Crippen molar-refractivity contribution in [3.63, 3.8) is 0 Å². The van der Waals surface area contributed by atoms with Gasteiger partial charge in [-0.25, -0.2) is 8.42 Å². The summed E-state index contributed by atoms with van der Waals surface area (Å²) >= 11 is 3.03. The van der Waals surface area contributed by atoms with Crippen LogP contribution in [0.15, 0.2) is 21.5 Å². The van der Waals surface area contributed by atoms with Gasteiger partial charge in [0.1, 0.15) is 11.0 Å². The molecule has 0 aliphatic heterocycles. The molecule has 0 amide bonds. The molecule has 0 spiro atoms. The van der Waals surface area contributed by atoms with Crippen LogP contribution in [0.1, 0.15) is 15.9 Å². The van der Waals surface area contributed by atoms with Crippen molar-refractivity contribution in [1.82, 2.24) is 0 Å². The van der Waals surface area contributed by atoms with Crippen molar-refractivity contribution < 1.29 is 13.2 Å². The summed E-state index contributed by atoms with van der Waals surface area (Å²) in [4.78, 5) is 10.3. The van der Waals surface area contributed by atoms with Gasteiger partial charge in [-0.15, -0.1) is 0 Å². The molecule has 0 N–H and O–H groups in total. The zero-order valence-corrected chi connectivity index (χ0v) is 10.2. The zero-order chi connectivity index (χ0) is 11.6. The average molecular weight is 309 g/mol. The number of carbonyl (C=O) groups is 1. The van der Waals surface area contributed by atoms with Crippen molar-refractivity contribution in [3.05, 3.63) is 27.7 Å². The fourth-order valence-electron chi connectivity index (χ4n) is 1.01. The third-order valence-corrected chi connectivity index (χ3v) is 3.70. The molecule has 0 saturated carbocycles. The Kier molecular flexibility index (Phi) is 3.50. The van der Waals surface area contributed by atoms with Gasteiger partial charge in [-0.05, 0) is 12.1 Å². The van der Waals surface area contributed by atoms with Crippen LogP contribution in [0, 0.1) is 11.3 Å². The second-order valence-electron chi connectivity index (χ2n) is 2.50. The maximum Gasteiger partial charge on any atom is 0.262 e. The van der Waals surface area contributed by atoms with Gasteiger partial charge in [-0.2, -0.15) is 5.26 Å². The molecule has 0 aliphatic carbocycles. The maximum absolute atomic E-state index is 11.1. The summed E-state index contributed by atoms with van der Waals surface area (Å²) in [5, 5.41) is 8.77. The second kappa shape index (κ2) is 4.31. The molecule has 15 heavy (non-hydrogen) atoms. The fraction of sp³-hybridized carbons (Fsp3) is 0. The number of rotatable bonds is 2. The van der Waals surface area contributed by atoms with Crippen LogP contribution in [0.4, 0.5) is 0 Å². The molecule has 1 rings (SSSR count). The van der Waals surface area contributed by atoms with Gasteiger partial charge in [0, 0.05) is 20.7 Å². The van der Waals surface area contributed by atoms with Crippen LogP contribution < -0.4 is 0 Å². The third-order valence-electron chi connectivity index (χ3n) is 1.65. The first-order valence-corrected chi connectivity index (χ1v) is 6.64. The van der Waals surface area contributed by atoms with Crippen LogP contribution in [-0.4, -0.2) is 14.7 Å². The molecule has 0 heterocycles. The van der Waals surface area contributed by atoms with Gasteiger partial charge >= 0.3 is 0 Å². The Morgan fingerprint density at radius 1 is 1.47 bits per heavy atom. The Morgan fingerprint density at radius 3 is 2.47 bits per heavy atom. The number of benzene rings is 1. The molecule has 1 aromatic carbocycles. The molecule has 0 unspecified atom stereocenters. The lowest BCUT2D eigenvalue weighted by molar-refractivity contribution is 0.112. The summed E-state index contributed by atoms with van der Waals surface area (Å²) in [7, 11) is 1.09. The summed E-state index contributed by atoms with van der Waals surface area (Å²) in [6.07, 6.45) is 0.397. The Labute approximate surface area is 99.0 Å². The standard InChI is InChI=1S/C8H3BrClNO3S/c9-7-1-2-8(15(10,13)14)5(3-11)6(7)4-12/h1-2,4H. The van der Waals surface area contributed by atoms with E-state index in [9.17, 15) is 13.2 Å². The molecule has 0 bridgehead atoms. The van der Waals surface area contributed by atoms with Crippen LogP contribution in [-0.2, 0) is 9.05 Å². The van der Waals surface area contributed by atoms with Crippen LogP contribution in [0.25, 0.3) is 0 Å². The number of hydrogen-bond donors (Lipinski definition) is 0. The minimum Gasteiger partial charge on any atom is -0.298 e. The van der Waals surface area contributed by atoms with E-state index in [0.29, 0.717) is 10.8 Å². The van der Waals surface area contributed by atoms with Gasteiger partial charge in [0.15, 0.2) is 6.29 Å². The Balaban J connectivity index is 3.74. The molecule has 7 heteroatoms. The number of nitriles is 1. The lowest BCUT2D eigenvalue weighted by Gasteiger charge is -2.03. The van der Waals surface area contributed by atoms with E-state index in [1.165, 1.54) is 6.07 Å². The third kappa shape index (κ3) is 2.37. The monoisotopic (exact) mass is 307 g/mol. The smallest absolute Gasteiger partial charge is 0.262 e. The van der Waals surface area contributed by atoms with Crippen LogP contribution in [0.5, 0.6) is 0 Å². The summed E-state index contributed by atoms with van der Waals surface area (Å²) in [6.45, 7) is 0. The zero-order valence-electron chi connectivity index (χ0n) is 7.07. The van der Waals surface area contributed by atoms with E-state index < -0.39 is 9.05 Å². The molecule has 0 saturated heterocycles. The minimum absolute atomic E-state index is 0.0285. The van der Waals surface area contributed by atoms with E-state index in [0.717, 1.165) is 6.07 Å². The van der Waals surface area contributed by atoms with E-state index in [1.54, 1.807) is 6.07 Å². The highest BCUT2D eigenvalue weighted by atomic mass is 79.9. The van der Waals surface area contributed by atoms with Crippen molar-refractivity contribution in [2.75, 3.05) is 0 Å². The van der Waals surface area contributed by atoms with Crippen LogP contribution >= 0.6 is 26.6 Å². The van der Waals surface area contributed by atoms with Crippen LogP contribution in [0.3, 0.4) is 0 Å². The molecular weight excluding hydrogens is 306 g/mol. The number of nitrogens with zero attached hydrogens (tertiary/aromatic N) is 1. The predicted molar refractivity (Wildman–Crippen MR) is 57.3 cm³/mol. The highest BCUT2D eigenvalue weighted by Crippen LogP contribution is 2.27. The van der Waals surface area contributed by atoms with Gasteiger partial charge in [0.05, 0.1) is 5.56 Å². The Morgan fingerprint density at radius 2 is 2.07 bits per heavy atom. The molecular formula is C8H3BrClNO3S. The number of halogens is 2. The molecule has 0 radical (unpaired) electrons. The van der Waals surface area contributed by atoms with Crippen molar-refractivity contribution in [2.45, 2.75) is 4.90 Å². The fourth-order valence-corrected chi connectivity index (χ4v) is 2.45. The van der Waals surface area contributed by atoms with E-state index >= 15 is 0 Å². The van der Waals surface area contributed by atoms with Gasteiger partial charge in [0.2, 0.25) is 0 Å². The lowest BCUT2D eigenvalue weighted by Crippen LogP contribution is -2.00. The van der Waals surface area contributed by atoms with Gasteiger partial charge in [-0.1, -0.05) is 15.9 Å². The van der Waals surface area contributed by atoms with Gasteiger partial charge < -0.3 is 0 Å². The summed E-state index contributed by atoms with van der Waals surface area (Å²) in [5.74, 6) is 0. The first-order valence-electron chi connectivity index (χ1n) is 3.54. The van der Waals surface area contributed by atoms with Crippen molar-refractivity contribution >= 4 is 41.9 Å². The van der Waals surface area contributed by atoms with Gasteiger partial charge in [0.25, 0.3) is 9.05 Å². The quantitative estimate of drug-likeness (QED) is 0.619. The van der Waals surface area contributed by atoms with Crippen molar-refractivity contribution in [3.8, 4) is 6.07 Å². The van der Waals surface area contributed by atoms with Crippen LogP contribution in [0.2, 0.25) is 0 Å². The highest BCUT2D eigenvalue weighted by Gasteiger charge is 2.20. The molecule has 0 fully saturated rings. The summed E-state index contributed by atoms with van der Waals surface area (Å²) in [5.41, 5.74) is -0.284. The summed E-state index contributed by atoms with van der Waals surface area (Å²) < 4.78 is 22.5. The maximum atomic E-state index is 11.1. The van der Waals surface area contributed by atoms with Crippen molar-refractivity contribution in [2.24, 2.45) is 0 Å². The Bertz CT molecular complexity index is 562. The number of carbonyl (C=O) groups excluding carboxylic acids is 1. The lowest BCUT2D eigenvalue weighted by atomic mass is 10.1. The number of aldehydes is 1. The van der Waals surface area contributed by atoms with E-state index in [1.807, 2.05) is 0 Å². The topological polar surface area (TPSA) is 75.0 Å². The molecule has 0 atom stereocenters. The first kappa shape index (κ1) is 12.2. The second-order valence-corrected chi connectivity index (χ2v) is 5.89. The van der Waals surface area contributed by atoms with E-state index in [2.05, 4.69) is 15.9 Å². The Hall–Kier alpha value is -0.900. The normalized spacial score (nSPS) is 10.7. The van der Waals surface area contributed by atoms with E-state index in [-0.39, 0.29) is 16.0 Å². The average Bonchev–Trinajstić information content (AvgIpc) is 2.15. The summed E-state index contributed by atoms with van der Waals surface area (Å²) in [6, 6.07) is 4.15. The van der Waals surface area contributed by atoms with E-state index in [4.69, 9.17) is 15.9 Å².